The molecule has 7 heteroatoms. The summed E-state index contributed by atoms with van der Waals surface area (Å²) in [6.07, 6.45) is 0.980. The lowest BCUT2D eigenvalue weighted by atomic mass is 10.2. The first kappa shape index (κ1) is 14.4. The van der Waals surface area contributed by atoms with Crippen LogP contribution in [0.15, 0.2) is 30.5 Å². The number of anilines is 2. The molecule has 106 valence electrons. The number of nitrogens with zero attached hydrogens (tertiary/aromatic N) is 2. The summed E-state index contributed by atoms with van der Waals surface area (Å²) in [6, 6.07) is 6.27. The van der Waals surface area contributed by atoms with Crippen LogP contribution in [0.5, 0.6) is 0 Å². The van der Waals surface area contributed by atoms with Gasteiger partial charge in [0.1, 0.15) is 23.5 Å². The van der Waals surface area contributed by atoms with Crippen molar-refractivity contribution in [2.45, 2.75) is 0 Å². The van der Waals surface area contributed by atoms with Crippen molar-refractivity contribution in [3.8, 4) is 6.07 Å². The fourth-order valence-electron chi connectivity index (χ4n) is 1.70. The smallest absolute Gasteiger partial charge is 0.259 e. The van der Waals surface area contributed by atoms with E-state index < -0.39 is 17.5 Å². The predicted octanol–water partition coefficient (Wildman–Crippen LogP) is 2.53. The van der Waals surface area contributed by atoms with E-state index in [0.29, 0.717) is 0 Å². The quantitative estimate of drug-likeness (QED) is 0.909. The molecule has 0 radical (unpaired) electrons. The summed E-state index contributed by atoms with van der Waals surface area (Å²) < 4.78 is 26.4. The van der Waals surface area contributed by atoms with Gasteiger partial charge < -0.3 is 10.6 Å². The monoisotopic (exact) mass is 288 g/mol. The van der Waals surface area contributed by atoms with Crippen molar-refractivity contribution < 1.29 is 13.6 Å². The van der Waals surface area contributed by atoms with Gasteiger partial charge in [0.2, 0.25) is 0 Å². The van der Waals surface area contributed by atoms with E-state index in [2.05, 4.69) is 15.6 Å². The second-order valence-corrected chi connectivity index (χ2v) is 4.06. The summed E-state index contributed by atoms with van der Waals surface area (Å²) >= 11 is 0. The Morgan fingerprint density at radius 1 is 1.33 bits per heavy atom. The SMILES string of the molecule is CNc1ncc(F)cc1C(=O)Nc1ccc(F)c(C#N)c1. The number of aromatic nitrogens is 1. The van der Waals surface area contributed by atoms with Gasteiger partial charge in [-0.2, -0.15) is 5.26 Å². The highest BCUT2D eigenvalue weighted by Gasteiger charge is 2.14. The fraction of sp³-hybridized carbons (Fsp3) is 0.0714. The number of hydrogen-bond acceptors (Lipinski definition) is 4. The van der Waals surface area contributed by atoms with Crippen LogP contribution in [0.3, 0.4) is 0 Å². The van der Waals surface area contributed by atoms with E-state index in [1.54, 1.807) is 13.1 Å². The summed E-state index contributed by atoms with van der Waals surface area (Å²) in [5, 5.41) is 13.9. The van der Waals surface area contributed by atoms with Crippen molar-refractivity contribution in [1.29, 1.82) is 5.26 Å². The molecule has 1 aromatic carbocycles. The normalized spacial score (nSPS) is 9.81. The van der Waals surface area contributed by atoms with Gasteiger partial charge in [0.15, 0.2) is 0 Å². The summed E-state index contributed by atoms with van der Waals surface area (Å²) in [7, 11) is 1.54. The molecule has 1 amide bonds. The largest absolute Gasteiger partial charge is 0.372 e. The van der Waals surface area contributed by atoms with Gasteiger partial charge in [-0.15, -0.1) is 0 Å². The van der Waals surface area contributed by atoms with Gasteiger partial charge in [0.25, 0.3) is 5.91 Å². The first-order valence-corrected chi connectivity index (χ1v) is 5.89. The minimum Gasteiger partial charge on any atom is -0.372 e. The Balaban J connectivity index is 2.30. The fourth-order valence-corrected chi connectivity index (χ4v) is 1.70. The predicted molar refractivity (Wildman–Crippen MR) is 72.8 cm³/mol. The van der Waals surface area contributed by atoms with Crippen molar-refractivity contribution in [1.82, 2.24) is 4.98 Å². The van der Waals surface area contributed by atoms with Crippen LogP contribution in [-0.2, 0) is 0 Å². The molecule has 2 rings (SSSR count). The van der Waals surface area contributed by atoms with Crippen LogP contribution in [0.4, 0.5) is 20.3 Å². The molecule has 2 aromatic rings. The Morgan fingerprint density at radius 3 is 2.76 bits per heavy atom. The molecular formula is C14H10F2N4O. The maximum atomic E-state index is 13.2. The van der Waals surface area contributed by atoms with Crippen molar-refractivity contribution in [3.05, 3.63) is 53.2 Å². The lowest BCUT2D eigenvalue weighted by Crippen LogP contribution is -2.15. The highest BCUT2D eigenvalue weighted by molar-refractivity contribution is 6.07. The molecule has 0 atom stereocenters. The van der Waals surface area contributed by atoms with Crippen molar-refractivity contribution in [2.75, 3.05) is 17.7 Å². The van der Waals surface area contributed by atoms with Crippen LogP contribution >= 0.6 is 0 Å². The van der Waals surface area contributed by atoms with E-state index in [1.165, 1.54) is 12.1 Å². The van der Waals surface area contributed by atoms with E-state index in [4.69, 9.17) is 5.26 Å². The van der Waals surface area contributed by atoms with E-state index in [0.717, 1.165) is 18.3 Å². The molecule has 0 bridgehead atoms. The second-order valence-electron chi connectivity index (χ2n) is 4.06. The van der Waals surface area contributed by atoms with Crippen molar-refractivity contribution in [3.63, 3.8) is 0 Å². The van der Waals surface area contributed by atoms with E-state index in [-0.39, 0.29) is 22.6 Å². The van der Waals surface area contributed by atoms with E-state index >= 15 is 0 Å². The number of carbonyl (C=O) groups excluding carboxylic acids is 1. The van der Waals surface area contributed by atoms with E-state index in [9.17, 15) is 13.6 Å². The lowest BCUT2D eigenvalue weighted by Gasteiger charge is -2.09. The van der Waals surface area contributed by atoms with Gasteiger partial charge in [-0.1, -0.05) is 0 Å². The Bertz CT molecular complexity index is 740. The van der Waals surface area contributed by atoms with Crippen LogP contribution in [0.1, 0.15) is 15.9 Å². The number of benzene rings is 1. The zero-order chi connectivity index (χ0) is 15.4. The summed E-state index contributed by atoms with van der Waals surface area (Å²) in [5.74, 6) is -1.76. The lowest BCUT2D eigenvalue weighted by molar-refractivity contribution is 0.102. The summed E-state index contributed by atoms with van der Waals surface area (Å²) in [5.41, 5.74) is 0.0311. The highest BCUT2D eigenvalue weighted by atomic mass is 19.1. The summed E-state index contributed by atoms with van der Waals surface area (Å²) in [4.78, 5) is 15.8. The minimum atomic E-state index is -0.682. The van der Waals surface area contributed by atoms with Gasteiger partial charge in [0, 0.05) is 12.7 Å². The first-order chi connectivity index (χ1) is 10.0. The maximum absolute atomic E-state index is 13.2. The zero-order valence-corrected chi connectivity index (χ0v) is 10.9. The molecule has 0 fully saturated rings. The van der Waals surface area contributed by atoms with Gasteiger partial charge in [-0.05, 0) is 24.3 Å². The third-order valence-corrected chi connectivity index (χ3v) is 2.68. The molecule has 0 aliphatic carbocycles. The number of halogens is 2. The Labute approximate surface area is 119 Å². The number of hydrogen-bond donors (Lipinski definition) is 2. The van der Waals surface area contributed by atoms with Crippen LogP contribution in [0.2, 0.25) is 0 Å². The first-order valence-electron chi connectivity index (χ1n) is 5.89. The molecule has 2 N–H and O–H groups in total. The highest BCUT2D eigenvalue weighted by Crippen LogP contribution is 2.18. The van der Waals surface area contributed by atoms with Gasteiger partial charge in [-0.25, -0.2) is 13.8 Å². The zero-order valence-electron chi connectivity index (χ0n) is 10.9. The number of amides is 1. The van der Waals surface area contributed by atoms with Crippen molar-refractivity contribution >= 4 is 17.4 Å². The average molecular weight is 288 g/mol. The number of pyridine rings is 1. The molecule has 0 saturated carbocycles. The molecule has 0 unspecified atom stereocenters. The van der Waals surface area contributed by atoms with Crippen LogP contribution in [0.25, 0.3) is 0 Å². The van der Waals surface area contributed by atoms with Gasteiger partial charge in [0.05, 0.1) is 17.3 Å². The molecular weight excluding hydrogens is 278 g/mol. The standard InChI is InChI=1S/C14H10F2N4O/c1-18-13-11(5-9(15)7-19-13)14(21)20-10-2-3-12(16)8(4-10)6-17/h2-5,7H,1H3,(H,18,19)(H,20,21). The average Bonchev–Trinajstić information content (AvgIpc) is 2.49. The minimum absolute atomic E-state index is 0.000308. The second kappa shape index (κ2) is 5.96. The molecule has 0 aliphatic rings. The topological polar surface area (TPSA) is 77.8 Å². The van der Waals surface area contributed by atoms with Crippen LogP contribution < -0.4 is 10.6 Å². The molecule has 5 nitrogen and oxygen atoms in total. The summed E-state index contributed by atoms with van der Waals surface area (Å²) in [6.45, 7) is 0. The third kappa shape index (κ3) is 3.12. The molecule has 0 saturated heterocycles. The number of nitriles is 1. The number of rotatable bonds is 3. The van der Waals surface area contributed by atoms with E-state index in [1.807, 2.05) is 0 Å². The Morgan fingerprint density at radius 2 is 2.10 bits per heavy atom. The Kier molecular flexibility index (Phi) is 4.09. The Hall–Kier alpha value is -3.01. The maximum Gasteiger partial charge on any atom is 0.259 e. The van der Waals surface area contributed by atoms with Gasteiger partial charge in [-0.3, -0.25) is 4.79 Å². The van der Waals surface area contributed by atoms with Crippen LogP contribution in [-0.4, -0.2) is 17.9 Å². The molecule has 0 spiro atoms. The number of carbonyl (C=O) groups is 1. The molecule has 1 heterocycles. The molecule has 1 aromatic heterocycles. The van der Waals surface area contributed by atoms with Gasteiger partial charge >= 0.3 is 0 Å². The van der Waals surface area contributed by atoms with Crippen molar-refractivity contribution in [2.24, 2.45) is 0 Å². The van der Waals surface area contributed by atoms with Crippen LogP contribution in [0, 0.1) is 23.0 Å². The third-order valence-electron chi connectivity index (χ3n) is 2.68. The molecule has 0 aliphatic heterocycles. The number of nitrogens with one attached hydrogen (secondary N) is 2. The molecule has 21 heavy (non-hydrogen) atoms.